The van der Waals surface area contributed by atoms with Gasteiger partial charge in [-0.2, -0.15) is 0 Å². The summed E-state index contributed by atoms with van der Waals surface area (Å²) in [6, 6.07) is 23.8. The van der Waals surface area contributed by atoms with Gasteiger partial charge in [-0.15, -0.1) is 0 Å². The highest BCUT2D eigenvalue weighted by Crippen LogP contribution is 2.28. The number of nitrogens with one attached hydrogen (secondary N) is 1. The van der Waals surface area contributed by atoms with Gasteiger partial charge in [0.15, 0.2) is 0 Å². The first kappa shape index (κ1) is 25.0. The van der Waals surface area contributed by atoms with Crippen molar-refractivity contribution in [2.75, 3.05) is 11.9 Å². The van der Waals surface area contributed by atoms with Crippen LogP contribution in [0.1, 0.15) is 28.8 Å². The van der Waals surface area contributed by atoms with Crippen molar-refractivity contribution in [3.8, 4) is 5.69 Å². The SMILES string of the molecule is NC1c2c(nc(CCc3ccccc3)n(-c3ccccc3)c2=O)CCN1C(=O)Nc1ccc(Cl)cc1Cl. The molecule has 188 valence electrons. The minimum absolute atomic E-state index is 0.270. The number of carbonyl (C=O) groups is 1. The number of urea groups is 1. The number of fused-ring (bicyclic) bond motifs is 1. The van der Waals surface area contributed by atoms with Crippen molar-refractivity contribution in [1.29, 1.82) is 0 Å². The molecule has 0 bridgehead atoms. The van der Waals surface area contributed by atoms with Gasteiger partial charge in [-0.1, -0.05) is 71.7 Å². The van der Waals surface area contributed by atoms with Crippen molar-refractivity contribution in [1.82, 2.24) is 14.5 Å². The number of para-hydroxylation sites is 1. The second kappa shape index (κ2) is 10.8. The van der Waals surface area contributed by atoms with Crippen LogP contribution >= 0.6 is 23.2 Å². The molecular formula is C28H25Cl2N5O2. The van der Waals surface area contributed by atoms with Crippen LogP contribution in [0.25, 0.3) is 5.69 Å². The van der Waals surface area contributed by atoms with E-state index in [0.717, 1.165) is 12.0 Å². The van der Waals surface area contributed by atoms with Crippen LogP contribution in [-0.4, -0.2) is 27.0 Å². The molecule has 37 heavy (non-hydrogen) atoms. The second-order valence-electron chi connectivity index (χ2n) is 8.79. The minimum atomic E-state index is -0.965. The van der Waals surface area contributed by atoms with Gasteiger partial charge in [-0.3, -0.25) is 9.36 Å². The normalized spacial score (nSPS) is 14.8. The van der Waals surface area contributed by atoms with E-state index in [2.05, 4.69) is 17.4 Å². The van der Waals surface area contributed by atoms with Crippen molar-refractivity contribution in [2.45, 2.75) is 25.4 Å². The molecular weight excluding hydrogens is 509 g/mol. The third-order valence-corrected chi connectivity index (χ3v) is 6.96. The Labute approximate surface area is 224 Å². The Bertz CT molecular complexity index is 1490. The molecule has 3 aromatic carbocycles. The van der Waals surface area contributed by atoms with E-state index in [0.29, 0.717) is 57.9 Å². The van der Waals surface area contributed by atoms with E-state index in [1.807, 2.05) is 48.5 Å². The number of nitrogens with zero attached hydrogens (tertiary/aromatic N) is 3. The Balaban J connectivity index is 1.49. The fourth-order valence-electron chi connectivity index (χ4n) is 4.55. The number of aryl methyl sites for hydroxylation is 2. The summed E-state index contributed by atoms with van der Waals surface area (Å²) in [5.41, 5.74) is 9.47. The maximum absolute atomic E-state index is 13.9. The van der Waals surface area contributed by atoms with E-state index in [1.165, 1.54) is 4.90 Å². The molecule has 3 N–H and O–H groups in total. The predicted molar refractivity (Wildman–Crippen MR) is 147 cm³/mol. The molecule has 1 aliphatic heterocycles. The van der Waals surface area contributed by atoms with Gasteiger partial charge in [-0.25, -0.2) is 9.78 Å². The quantitative estimate of drug-likeness (QED) is 0.360. The molecule has 0 saturated heterocycles. The number of carbonyl (C=O) groups excluding carboxylic acids is 1. The summed E-state index contributed by atoms with van der Waals surface area (Å²) in [7, 11) is 0. The molecule has 0 fully saturated rings. The summed E-state index contributed by atoms with van der Waals surface area (Å²) < 4.78 is 1.61. The third kappa shape index (κ3) is 5.25. The lowest BCUT2D eigenvalue weighted by molar-refractivity contribution is 0.183. The number of aromatic nitrogens is 2. The monoisotopic (exact) mass is 533 g/mol. The summed E-state index contributed by atoms with van der Waals surface area (Å²) in [6.07, 6.45) is 0.763. The molecule has 9 heteroatoms. The molecule has 0 spiro atoms. The fraction of sp³-hybridized carbons (Fsp3) is 0.179. The Hall–Kier alpha value is -3.65. The molecule has 0 saturated carbocycles. The zero-order valence-electron chi connectivity index (χ0n) is 19.9. The van der Waals surface area contributed by atoms with Crippen LogP contribution in [-0.2, 0) is 19.3 Å². The van der Waals surface area contributed by atoms with Gasteiger partial charge < -0.3 is 16.0 Å². The first-order chi connectivity index (χ1) is 17.9. The molecule has 2 amide bonds. The molecule has 0 radical (unpaired) electrons. The number of hydrogen-bond donors (Lipinski definition) is 2. The average Bonchev–Trinajstić information content (AvgIpc) is 2.90. The van der Waals surface area contributed by atoms with Gasteiger partial charge in [0.05, 0.1) is 27.7 Å². The van der Waals surface area contributed by atoms with E-state index in [9.17, 15) is 9.59 Å². The van der Waals surface area contributed by atoms with Crippen molar-refractivity contribution < 1.29 is 4.79 Å². The van der Waals surface area contributed by atoms with Crippen LogP contribution in [0.5, 0.6) is 0 Å². The molecule has 4 aromatic rings. The van der Waals surface area contributed by atoms with Gasteiger partial charge in [0.2, 0.25) is 0 Å². The van der Waals surface area contributed by atoms with E-state index >= 15 is 0 Å². The third-order valence-electron chi connectivity index (χ3n) is 6.42. The predicted octanol–water partition coefficient (Wildman–Crippen LogP) is 5.37. The lowest BCUT2D eigenvalue weighted by atomic mass is 10.0. The van der Waals surface area contributed by atoms with Gasteiger partial charge >= 0.3 is 6.03 Å². The molecule has 5 rings (SSSR count). The maximum atomic E-state index is 13.9. The number of hydrogen-bond acceptors (Lipinski definition) is 4. The lowest BCUT2D eigenvalue weighted by Gasteiger charge is -2.34. The van der Waals surface area contributed by atoms with Gasteiger partial charge in [-0.05, 0) is 42.3 Å². The van der Waals surface area contributed by atoms with E-state index in [4.69, 9.17) is 33.9 Å². The van der Waals surface area contributed by atoms with Crippen LogP contribution in [0.4, 0.5) is 10.5 Å². The number of nitrogens with two attached hydrogens (primary N) is 1. The zero-order chi connectivity index (χ0) is 25.9. The van der Waals surface area contributed by atoms with E-state index < -0.39 is 12.2 Å². The largest absolute Gasteiger partial charge is 0.323 e. The number of benzene rings is 3. The molecule has 1 aromatic heterocycles. The van der Waals surface area contributed by atoms with Crippen LogP contribution in [0.2, 0.25) is 10.0 Å². The highest BCUT2D eigenvalue weighted by Gasteiger charge is 2.33. The van der Waals surface area contributed by atoms with Crippen molar-refractivity contribution in [3.05, 3.63) is 122 Å². The minimum Gasteiger partial charge on any atom is -0.307 e. The molecule has 1 atom stereocenters. The second-order valence-corrected chi connectivity index (χ2v) is 9.64. The summed E-state index contributed by atoms with van der Waals surface area (Å²) in [5, 5.41) is 3.54. The van der Waals surface area contributed by atoms with Gasteiger partial charge in [0, 0.05) is 24.4 Å². The fourth-order valence-corrected chi connectivity index (χ4v) is 5.01. The summed E-state index contributed by atoms with van der Waals surface area (Å²) in [5.74, 6) is 0.664. The number of halogens is 2. The van der Waals surface area contributed by atoms with Crippen molar-refractivity contribution in [2.24, 2.45) is 5.73 Å². The highest BCUT2D eigenvalue weighted by atomic mass is 35.5. The van der Waals surface area contributed by atoms with Crippen LogP contribution in [0, 0.1) is 0 Å². The van der Waals surface area contributed by atoms with Crippen molar-refractivity contribution >= 4 is 34.9 Å². The Morgan fingerprint density at radius 2 is 1.70 bits per heavy atom. The first-order valence-corrected chi connectivity index (χ1v) is 12.7. The smallest absolute Gasteiger partial charge is 0.307 e. The molecule has 7 nitrogen and oxygen atoms in total. The Morgan fingerprint density at radius 1 is 1.00 bits per heavy atom. The zero-order valence-corrected chi connectivity index (χ0v) is 21.4. The topological polar surface area (TPSA) is 93.2 Å². The summed E-state index contributed by atoms with van der Waals surface area (Å²) in [6.45, 7) is 0.311. The van der Waals surface area contributed by atoms with Crippen LogP contribution < -0.4 is 16.6 Å². The summed E-state index contributed by atoms with van der Waals surface area (Å²) in [4.78, 5) is 33.4. The Morgan fingerprint density at radius 3 is 2.41 bits per heavy atom. The van der Waals surface area contributed by atoms with E-state index in [-0.39, 0.29) is 5.56 Å². The number of anilines is 1. The standard InChI is InChI=1S/C28H25Cl2N5O2/c29-19-12-13-22(21(30)17-19)33-28(37)34-16-15-23-25(26(34)31)27(36)35(20-9-5-2-6-10-20)24(32-23)14-11-18-7-3-1-4-8-18/h1-10,12-13,17,26H,11,14-16,31H2,(H,33,37). The molecule has 1 unspecified atom stereocenters. The maximum Gasteiger partial charge on any atom is 0.323 e. The summed E-state index contributed by atoms with van der Waals surface area (Å²) >= 11 is 12.2. The van der Waals surface area contributed by atoms with Gasteiger partial charge in [0.1, 0.15) is 12.0 Å². The molecule has 2 heterocycles. The molecule has 0 aliphatic carbocycles. The van der Waals surface area contributed by atoms with Crippen LogP contribution in [0.3, 0.4) is 0 Å². The van der Waals surface area contributed by atoms with Gasteiger partial charge in [0.25, 0.3) is 5.56 Å². The number of amides is 2. The molecule has 1 aliphatic rings. The Kier molecular flexibility index (Phi) is 7.28. The van der Waals surface area contributed by atoms with Crippen LogP contribution in [0.15, 0.2) is 83.7 Å². The highest BCUT2D eigenvalue weighted by molar-refractivity contribution is 6.36. The lowest BCUT2D eigenvalue weighted by Crippen LogP contribution is -2.49. The first-order valence-electron chi connectivity index (χ1n) is 11.9. The average molecular weight is 534 g/mol. The van der Waals surface area contributed by atoms with E-state index in [1.54, 1.807) is 22.8 Å². The number of rotatable bonds is 5. The van der Waals surface area contributed by atoms with Crippen molar-refractivity contribution in [3.63, 3.8) is 0 Å².